The van der Waals surface area contributed by atoms with Gasteiger partial charge in [0.15, 0.2) is 6.39 Å². The van der Waals surface area contributed by atoms with Crippen LogP contribution < -0.4 is 10.6 Å². The number of rotatable bonds is 6. The van der Waals surface area contributed by atoms with Gasteiger partial charge in [-0.2, -0.15) is 0 Å². The average Bonchev–Trinajstić information content (AvgIpc) is 2.56. The lowest BCUT2D eigenvalue weighted by Crippen LogP contribution is -2.37. The first-order valence-corrected chi connectivity index (χ1v) is 5.84. The molecular formula is C12H23N3O. The number of nitrogens with one attached hydrogen (secondary N) is 2. The summed E-state index contributed by atoms with van der Waals surface area (Å²) in [5.74, 6) is 0.934. The first kappa shape index (κ1) is 13.2. The van der Waals surface area contributed by atoms with Crippen LogP contribution in [0.15, 0.2) is 10.8 Å². The molecule has 0 aromatic carbocycles. The Balaban J connectivity index is 2.03. The summed E-state index contributed by atoms with van der Waals surface area (Å²) in [7, 11) is 0. The van der Waals surface area contributed by atoms with Gasteiger partial charge in [0, 0.05) is 5.54 Å². The fourth-order valence-corrected chi connectivity index (χ4v) is 1.37. The van der Waals surface area contributed by atoms with Crippen molar-refractivity contribution >= 4 is 0 Å². The van der Waals surface area contributed by atoms with Crippen LogP contribution in [0.4, 0.5) is 0 Å². The highest BCUT2D eigenvalue weighted by molar-refractivity contribution is 5.03. The third kappa shape index (κ3) is 5.28. The summed E-state index contributed by atoms with van der Waals surface area (Å²) in [6, 6.07) is 0. The van der Waals surface area contributed by atoms with E-state index in [1.807, 2.05) is 6.92 Å². The van der Waals surface area contributed by atoms with Crippen LogP contribution in [-0.4, -0.2) is 23.6 Å². The molecule has 0 radical (unpaired) electrons. The highest BCUT2D eigenvalue weighted by Gasteiger charge is 2.07. The molecule has 92 valence electrons. The van der Waals surface area contributed by atoms with E-state index in [0.717, 1.165) is 37.5 Å². The number of aryl methyl sites for hydroxylation is 1. The number of aromatic nitrogens is 1. The molecule has 4 heteroatoms. The molecule has 1 aromatic heterocycles. The molecule has 0 aliphatic carbocycles. The van der Waals surface area contributed by atoms with Crippen molar-refractivity contribution in [2.45, 2.75) is 46.2 Å². The van der Waals surface area contributed by atoms with E-state index in [1.165, 1.54) is 6.39 Å². The van der Waals surface area contributed by atoms with E-state index in [-0.39, 0.29) is 5.54 Å². The zero-order chi connectivity index (χ0) is 12.0. The van der Waals surface area contributed by atoms with E-state index >= 15 is 0 Å². The van der Waals surface area contributed by atoms with Crippen molar-refractivity contribution in [1.82, 2.24) is 15.6 Å². The van der Waals surface area contributed by atoms with Crippen LogP contribution in [0.25, 0.3) is 0 Å². The molecule has 0 saturated heterocycles. The molecule has 0 saturated carbocycles. The summed E-state index contributed by atoms with van der Waals surface area (Å²) >= 11 is 0. The third-order valence-corrected chi connectivity index (χ3v) is 2.32. The van der Waals surface area contributed by atoms with Gasteiger partial charge in [-0.05, 0) is 47.2 Å². The largest absolute Gasteiger partial charge is 0.447 e. The van der Waals surface area contributed by atoms with Gasteiger partial charge in [-0.15, -0.1) is 0 Å². The maximum absolute atomic E-state index is 5.24. The number of oxazole rings is 1. The molecule has 2 N–H and O–H groups in total. The number of hydrogen-bond acceptors (Lipinski definition) is 4. The van der Waals surface area contributed by atoms with E-state index in [1.54, 1.807) is 0 Å². The minimum Gasteiger partial charge on any atom is -0.447 e. The summed E-state index contributed by atoms with van der Waals surface area (Å²) < 4.78 is 5.24. The average molecular weight is 225 g/mol. The zero-order valence-corrected chi connectivity index (χ0v) is 10.8. The van der Waals surface area contributed by atoms with Crippen LogP contribution in [0.1, 0.15) is 38.6 Å². The van der Waals surface area contributed by atoms with Gasteiger partial charge in [-0.25, -0.2) is 4.98 Å². The monoisotopic (exact) mass is 225 g/mol. The highest BCUT2D eigenvalue weighted by Crippen LogP contribution is 2.03. The lowest BCUT2D eigenvalue weighted by atomic mass is 10.1. The smallest absolute Gasteiger partial charge is 0.181 e. The summed E-state index contributed by atoms with van der Waals surface area (Å²) in [6.07, 6.45) is 2.61. The molecule has 0 spiro atoms. The predicted molar refractivity (Wildman–Crippen MR) is 65.3 cm³/mol. The van der Waals surface area contributed by atoms with Crippen molar-refractivity contribution in [2.75, 3.05) is 13.1 Å². The van der Waals surface area contributed by atoms with E-state index < -0.39 is 0 Å². The Morgan fingerprint density at radius 3 is 2.62 bits per heavy atom. The Hall–Kier alpha value is -0.870. The fraction of sp³-hybridized carbons (Fsp3) is 0.750. The van der Waals surface area contributed by atoms with Crippen LogP contribution >= 0.6 is 0 Å². The van der Waals surface area contributed by atoms with Crippen molar-refractivity contribution in [1.29, 1.82) is 0 Å². The first-order valence-electron chi connectivity index (χ1n) is 5.84. The second kappa shape index (κ2) is 6.01. The van der Waals surface area contributed by atoms with Crippen molar-refractivity contribution in [3.63, 3.8) is 0 Å². The Morgan fingerprint density at radius 2 is 2.06 bits per heavy atom. The first-order chi connectivity index (χ1) is 7.49. The minimum absolute atomic E-state index is 0.210. The quantitative estimate of drug-likeness (QED) is 0.725. The van der Waals surface area contributed by atoms with E-state index in [9.17, 15) is 0 Å². The molecule has 1 aromatic rings. The van der Waals surface area contributed by atoms with Crippen molar-refractivity contribution in [3.05, 3.63) is 17.8 Å². The van der Waals surface area contributed by atoms with Gasteiger partial charge in [0.25, 0.3) is 0 Å². The van der Waals surface area contributed by atoms with Gasteiger partial charge in [-0.1, -0.05) is 0 Å². The normalized spacial score (nSPS) is 12.0. The molecule has 0 aliphatic rings. The predicted octanol–water partition coefficient (Wildman–Crippen LogP) is 1.85. The summed E-state index contributed by atoms with van der Waals surface area (Å²) in [4.78, 5) is 4.04. The lowest BCUT2D eigenvalue weighted by molar-refractivity contribution is 0.414. The van der Waals surface area contributed by atoms with Crippen LogP contribution in [0.3, 0.4) is 0 Å². The van der Waals surface area contributed by atoms with E-state index in [0.29, 0.717) is 0 Å². The molecule has 0 aliphatic heterocycles. The standard InChI is InChI=1S/C12H23N3O/c1-10-11(16-9-14-10)8-13-6-5-7-15-12(2,3)4/h9,13,15H,5-8H2,1-4H3. The van der Waals surface area contributed by atoms with Crippen LogP contribution in [0, 0.1) is 6.92 Å². The summed E-state index contributed by atoms with van der Waals surface area (Å²) in [5, 5.41) is 6.79. The van der Waals surface area contributed by atoms with Gasteiger partial charge >= 0.3 is 0 Å². The van der Waals surface area contributed by atoms with Crippen molar-refractivity contribution in [2.24, 2.45) is 0 Å². The summed E-state index contributed by atoms with van der Waals surface area (Å²) in [5.41, 5.74) is 1.18. The third-order valence-electron chi connectivity index (χ3n) is 2.32. The number of hydrogen-bond donors (Lipinski definition) is 2. The Labute approximate surface area is 97.8 Å². The Bertz CT molecular complexity index is 301. The van der Waals surface area contributed by atoms with Crippen molar-refractivity contribution < 1.29 is 4.42 Å². The molecule has 0 bridgehead atoms. The van der Waals surface area contributed by atoms with Gasteiger partial charge in [-0.3, -0.25) is 0 Å². The van der Waals surface area contributed by atoms with Crippen LogP contribution in [0.5, 0.6) is 0 Å². The number of nitrogens with zero attached hydrogens (tertiary/aromatic N) is 1. The fourth-order valence-electron chi connectivity index (χ4n) is 1.37. The second-order valence-electron chi connectivity index (χ2n) is 5.07. The van der Waals surface area contributed by atoms with E-state index in [2.05, 4.69) is 36.4 Å². The second-order valence-corrected chi connectivity index (χ2v) is 5.07. The van der Waals surface area contributed by atoms with Crippen LogP contribution in [0.2, 0.25) is 0 Å². The molecule has 1 heterocycles. The van der Waals surface area contributed by atoms with Crippen LogP contribution in [-0.2, 0) is 6.54 Å². The molecule has 0 unspecified atom stereocenters. The highest BCUT2D eigenvalue weighted by atomic mass is 16.3. The van der Waals surface area contributed by atoms with Gasteiger partial charge in [0.2, 0.25) is 0 Å². The Kier molecular flexibility index (Phi) is 4.96. The molecular weight excluding hydrogens is 202 g/mol. The lowest BCUT2D eigenvalue weighted by Gasteiger charge is -2.20. The van der Waals surface area contributed by atoms with E-state index in [4.69, 9.17) is 4.42 Å². The topological polar surface area (TPSA) is 50.1 Å². The molecule has 0 fully saturated rings. The molecule has 0 atom stereocenters. The van der Waals surface area contributed by atoms with Gasteiger partial charge in [0.05, 0.1) is 12.2 Å². The zero-order valence-electron chi connectivity index (χ0n) is 10.8. The van der Waals surface area contributed by atoms with Crippen molar-refractivity contribution in [3.8, 4) is 0 Å². The maximum atomic E-state index is 5.24. The van der Waals surface area contributed by atoms with Gasteiger partial charge < -0.3 is 15.1 Å². The SMILES string of the molecule is Cc1ncoc1CNCCCNC(C)(C)C. The maximum Gasteiger partial charge on any atom is 0.181 e. The molecule has 0 amide bonds. The van der Waals surface area contributed by atoms with Gasteiger partial charge in [0.1, 0.15) is 5.76 Å². The summed E-state index contributed by atoms with van der Waals surface area (Å²) in [6.45, 7) is 11.3. The molecule has 4 nitrogen and oxygen atoms in total. The minimum atomic E-state index is 0.210. The Morgan fingerprint density at radius 1 is 1.31 bits per heavy atom. The molecule has 16 heavy (non-hydrogen) atoms. The molecule has 1 rings (SSSR count).